The van der Waals surface area contributed by atoms with Gasteiger partial charge in [0.25, 0.3) is 5.91 Å². The number of nitrogens with one attached hydrogen (secondary N) is 3. The maximum Gasteiger partial charge on any atom is 0.252 e. The van der Waals surface area contributed by atoms with Gasteiger partial charge in [0.05, 0.1) is 21.4 Å². The van der Waals surface area contributed by atoms with Crippen LogP contribution >= 0.6 is 31.8 Å². The predicted molar refractivity (Wildman–Crippen MR) is 140 cm³/mol. The molecule has 2 amide bonds. The van der Waals surface area contributed by atoms with Gasteiger partial charge < -0.3 is 16.0 Å². The van der Waals surface area contributed by atoms with Crippen molar-refractivity contribution in [1.29, 1.82) is 0 Å². The molecular formula is C24H36Cl2N3O2P. The van der Waals surface area contributed by atoms with Gasteiger partial charge in [-0.05, 0) is 49.9 Å². The van der Waals surface area contributed by atoms with Crippen molar-refractivity contribution in [3.8, 4) is 0 Å². The van der Waals surface area contributed by atoms with Crippen LogP contribution in [0.4, 0.5) is 11.4 Å². The molecule has 0 spiro atoms. The number of anilines is 2. The topological polar surface area (TPSA) is 70.2 Å². The number of benzene rings is 1. The van der Waals surface area contributed by atoms with Crippen LogP contribution in [-0.2, 0) is 9.59 Å². The average molecular weight is 500 g/mol. The van der Waals surface area contributed by atoms with Gasteiger partial charge in [-0.1, -0.05) is 71.8 Å². The van der Waals surface area contributed by atoms with Crippen molar-refractivity contribution in [2.24, 2.45) is 0 Å². The third-order valence-electron chi connectivity index (χ3n) is 5.45. The van der Waals surface area contributed by atoms with E-state index in [2.05, 4.69) is 36.7 Å². The van der Waals surface area contributed by atoms with Gasteiger partial charge in [-0.2, -0.15) is 0 Å². The van der Waals surface area contributed by atoms with Crippen molar-refractivity contribution in [3.63, 3.8) is 0 Å². The van der Waals surface area contributed by atoms with Gasteiger partial charge in [-0.15, -0.1) is 0 Å². The second kappa shape index (κ2) is 14.1. The van der Waals surface area contributed by atoms with E-state index in [-0.39, 0.29) is 11.8 Å². The Morgan fingerprint density at radius 3 is 2.38 bits per heavy atom. The van der Waals surface area contributed by atoms with E-state index >= 15 is 0 Å². The van der Waals surface area contributed by atoms with Crippen molar-refractivity contribution in [2.75, 3.05) is 23.5 Å². The Morgan fingerprint density at radius 2 is 1.72 bits per heavy atom. The Hall–Kier alpha value is -1.29. The number of rotatable bonds is 12. The molecule has 1 unspecified atom stereocenters. The van der Waals surface area contributed by atoms with Gasteiger partial charge in [-0.25, -0.2) is 0 Å². The zero-order valence-electron chi connectivity index (χ0n) is 19.4. The molecule has 0 heterocycles. The first-order chi connectivity index (χ1) is 15.3. The number of amides is 2. The second-order valence-corrected chi connectivity index (χ2v) is 11.1. The van der Waals surface area contributed by atoms with E-state index in [0.717, 1.165) is 47.0 Å². The SMILES string of the molecule is CCCCCCNC(=O)C1=C(C(=O)Nc2ccc(Cl)c(NCPC(C)C)c2Cl)CCCC1. The third-order valence-corrected chi connectivity index (χ3v) is 7.35. The fourth-order valence-corrected chi connectivity index (χ4v) is 4.86. The molecule has 32 heavy (non-hydrogen) atoms. The maximum atomic E-state index is 13.1. The van der Waals surface area contributed by atoms with E-state index in [4.69, 9.17) is 23.2 Å². The molecule has 1 aromatic carbocycles. The molecule has 3 N–H and O–H groups in total. The van der Waals surface area contributed by atoms with Crippen molar-refractivity contribution >= 4 is 55.0 Å². The number of carbonyl (C=O) groups excluding carboxylic acids is 2. The van der Waals surface area contributed by atoms with E-state index in [1.54, 1.807) is 12.1 Å². The number of carbonyl (C=O) groups is 2. The lowest BCUT2D eigenvalue weighted by molar-refractivity contribution is -0.119. The molecule has 0 aliphatic heterocycles. The smallest absolute Gasteiger partial charge is 0.252 e. The summed E-state index contributed by atoms with van der Waals surface area (Å²) in [6.07, 6.45) is 8.19. The minimum atomic E-state index is -0.264. The van der Waals surface area contributed by atoms with Gasteiger partial charge in [-0.3, -0.25) is 9.59 Å². The molecule has 0 saturated heterocycles. The summed E-state index contributed by atoms with van der Waals surface area (Å²) in [7, 11) is 0.728. The number of unbranched alkanes of at least 4 members (excludes halogenated alkanes) is 3. The fourth-order valence-electron chi connectivity index (χ4n) is 3.62. The zero-order valence-corrected chi connectivity index (χ0v) is 21.9. The lowest BCUT2D eigenvalue weighted by Crippen LogP contribution is -2.30. The highest BCUT2D eigenvalue weighted by Gasteiger charge is 2.24. The number of halogens is 2. The second-order valence-electron chi connectivity index (χ2n) is 8.43. The standard InChI is InChI=1S/C24H36Cl2N3O2P/c1-4-5-6-9-14-27-23(30)17-10-7-8-11-18(17)24(31)29-20-13-12-19(25)22(21(20)26)28-15-32-16(2)3/h12-13,16,28,32H,4-11,14-15H2,1-3H3,(H,27,30)(H,29,31). The van der Waals surface area contributed by atoms with Crippen LogP contribution in [-0.4, -0.2) is 30.3 Å². The number of hydrogen-bond acceptors (Lipinski definition) is 3. The highest BCUT2D eigenvalue weighted by atomic mass is 35.5. The Morgan fingerprint density at radius 1 is 1.03 bits per heavy atom. The van der Waals surface area contributed by atoms with Crippen LogP contribution in [0.2, 0.25) is 10.0 Å². The van der Waals surface area contributed by atoms with E-state index in [0.29, 0.717) is 57.6 Å². The van der Waals surface area contributed by atoms with Crippen LogP contribution < -0.4 is 16.0 Å². The highest BCUT2D eigenvalue weighted by Crippen LogP contribution is 2.38. The zero-order chi connectivity index (χ0) is 23.5. The molecule has 0 aromatic heterocycles. The molecule has 8 heteroatoms. The summed E-state index contributed by atoms with van der Waals surface area (Å²) in [5.74, 6) is -0.384. The van der Waals surface area contributed by atoms with E-state index < -0.39 is 0 Å². The summed E-state index contributed by atoms with van der Waals surface area (Å²) in [5, 5.41) is 10.1. The third kappa shape index (κ3) is 8.24. The van der Waals surface area contributed by atoms with Gasteiger partial charge in [0.15, 0.2) is 0 Å². The lowest BCUT2D eigenvalue weighted by atomic mass is 9.90. The minimum absolute atomic E-state index is 0.120. The fraction of sp³-hybridized carbons (Fsp3) is 0.583. The largest absolute Gasteiger partial charge is 0.379 e. The molecule has 0 saturated carbocycles. The molecule has 1 aliphatic carbocycles. The van der Waals surface area contributed by atoms with Crippen LogP contribution in [0.25, 0.3) is 0 Å². The molecule has 0 fully saturated rings. The molecular weight excluding hydrogens is 464 g/mol. The monoisotopic (exact) mass is 499 g/mol. The summed E-state index contributed by atoms with van der Waals surface area (Å²) in [6, 6.07) is 3.43. The van der Waals surface area contributed by atoms with Gasteiger partial charge in [0.1, 0.15) is 0 Å². The van der Waals surface area contributed by atoms with Gasteiger partial charge in [0, 0.05) is 24.0 Å². The van der Waals surface area contributed by atoms with E-state index in [1.807, 2.05) is 0 Å². The quantitative estimate of drug-likeness (QED) is 0.215. The Bertz CT molecular complexity index is 828. The Kier molecular flexibility index (Phi) is 11.9. The minimum Gasteiger partial charge on any atom is -0.379 e. The maximum absolute atomic E-state index is 13.1. The molecule has 178 valence electrons. The first-order valence-corrected chi connectivity index (χ1v) is 13.7. The number of hydrogen-bond donors (Lipinski definition) is 3. The van der Waals surface area contributed by atoms with Crippen LogP contribution in [0.1, 0.15) is 72.1 Å². The van der Waals surface area contributed by atoms with Crippen molar-refractivity contribution in [1.82, 2.24) is 5.32 Å². The normalized spacial score (nSPS) is 14.3. The van der Waals surface area contributed by atoms with Crippen molar-refractivity contribution in [3.05, 3.63) is 33.3 Å². The van der Waals surface area contributed by atoms with Crippen LogP contribution in [0.3, 0.4) is 0 Å². The van der Waals surface area contributed by atoms with Gasteiger partial charge >= 0.3 is 0 Å². The van der Waals surface area contributed by atoms with E-state index in [9.17, 15) is 9.59 Å². The Labute approximate surface area is 204 Å². The van der Waals surface area contributed by atoms with Crippen molar-refractivity contribution in [2.45, 2.75) is 77.8 Å². The van der Waals surface area contributed by atoms with Crippen molar-refractivity contribution < 1.29 is 9.59 Å². The molecule has 2 rings (SSSR count). The summed E-state index contributed by atoms with van der Waals surface area (Å²) in [4.78, 5) is 25.8. The van der Waals surface area contributed by atoms with Crippen LogP contribution in [0.5, 0.6) is 0 Å². The molecule has 1 aliphatic rings. The summed E-state index contributed by atoms with van der Waals surface area (Å²) in [5.41, 5.74) is 2.86. The summed E-state index contributed by atoms with van der Waals surface area (Å²) >= 11 is 12.9. The van der Waals surface area contributed by atoms with Crippen LogP contribution in [0.15, 0.2) is 23.3 Å². The molecule has 0 bridgehead atoms. The lowest BCUT2D eigenvalue weighted by Gasteiger charge is -2.20. The van der Waals surface area contributed by atoms with E-state index in [1.165, 1.54) is 6.42 Å². The molecule has 0 radical (unpaired) electrons. The first kappa shape index (κ1) is 27.0. The average Bonchev–Trinajstić information content (AvgIpc) is 2.77. The highest BCUT2D eigenvalue weighted by molar-refractivity contribution is 7.38. The predicted octanol–water partition coefficient (Wildman–Crippen LogP) is 6.96. The summed E-state index contributed by atoms with van der Waals surface area (Å²) < 4.78 is 0. The first-order valence-electron chi connectivity index (χ1n) is 11.6. The summed E-state index contributed by atoms with van der Waals surface area (Å²) in [6.45, 7) is 7.13. The molecule has 1 atom stereocenters. The molecule has 5 nitrogen and oxygen atoms in total. The molecule has 1 aromatic rings. The van der Waals surface area contributed by atoms with Crippen LogP contribution in [0, 0.1) is 0 Å². The van der Waals surface area contributed by atoms with Gasteiger partial charge in [0.2, 0.25) is 5.91 Å². The Balaban J connectivity index is 2.10.